The van der Waals surface area contributed by atoms with Gasteiger partial charge in [-0.15, -0.1) is 23.4 Å². The molecular formula is C9H5BrF3N3OS. The summed E-state index contributed by atoms with van der Waals surface area (Å²) < 4.78 is 41.2. The van der Waals surface area contributed by atoms with E-state index >= 15 is 0 Å². The van der Waals surface area contributed by atoms with Gasteiger partial charge in [-0.1, -0.05) is 27.3 Å². The summed E-state index contributed by atoms with van der Waals surface area (Å²) in [4.78, 5) is 0. The molecule has 2 rings (SSSR count). The van der Waals surface area contributed by atoms with Crippen molar-refractivity contribution in [1.82, 2.24) is 10.2 Å². The molecule has 0 spiro atoms. The Morgan fingerprint density at radius 3 is 2.56 bits per heavy atom. The second-order valence-electron chi connectivity index (χ2n) is 3.13. The van der Waals surface area contributed by atoms with Gasteiger partial charge >= 0.3 is 6.36 Å². The summed E-state index contributed by atoms with van der Waals surface area (Å²) in [6.45, 7) is 0. The predicted molar refractivity (Wildman–Crippen MR) is 64.1 cm³/mol. The summed E-state index contributed by atoms with van der Waals surface area (Å²) >= 11 is 4.06. The minimum Gasteiger partial charge on any atom is -0.405 e. The summed E-state index contributed by atoms with van der Waals surface area (Å²) in [6, 6.07) is 4.24. The van der Waals surface area contributed by atoms with E-state index in [2.05, 4.69) is 30.9 Å². The molecule has 2 aromatic rings. The van der Waals surface area contributed by atoms with Gasteiger partial charge in [0, 0.05) is 4.47 Å². The largest absolute Gasteiger partial charge is 0.573 e. The summed E-state index contributed by atoms with van der Waals surface area (Å²) in [5.41, 5.74) is 5.58. The number of ether oxygens (including phenoxy) is 1. The first-order valence-corrected chi connectivity index (χ1v) is 6.11. The molecule has 0 fully saturated rings. The molecule has 96 valence electrons. The van der Waals surface area contributed by atoms with E-state index < -0.39 is 6.36 Å². The smallest absolute Gasteiger partial charge is 0.405 e. The molecule has 0 aliphatic heterocycles. The molecule has 0 bridgehead atoms. The second-order valence-corrected chi connectivity index (χ2v) is 5.06. The third kappa shape index (κ3) is 3.10. The highest BCUT2D eigenvalue weighted by Crippen LogP contribution is 2.37. The van der Waals surface area contributed by atoms with Crippen molar-refractivity contribution in [2.45, 2.75) is 6.36 Å². The molecule has 9 heteroatoms. The Hall–Kier alpha value is -1.35. The van der Waals surface area contributed by atoms with Gasteiger partial charge in [0.05, 0.1) is 5.56 Å². The lowest BCUT2D eigenvalue weighted by atomic mass is 10.2. The van der Waals surface area contributed by atoms with Crippen LogP contribution in [0, 0.1) is 0 Å². The van der Waals surface area contributed by atoms with Crippen LogP contribution in [0.2, 0.25) is 0 Å². The van der Waals surface area contributed by atoms with Gasteiger partial charge in [-0.25, -0.2) is 0 Å². The molecule has 1 heterocycles. The van der Waals surface area contributed by atoms with E-state index in [0.717, 1.165) is 11.3 Å². The lowest BCUT2D eigenvalue weighted by Gasteiger charge is -2.12. The zero-order valence-electron chi connectivity index (χ0n) is 8.53. The zero-order chi connectivity index (χ0) is 13.3. The Balaban J connectivity index is 2.47. The Bertz CT molecular complexity index is 572. The number of nitrogens with zero attached hydrogens (tertiary/aromatic N) is 2. The van der Waals surface area contributed by atoms with E-state index in [1.807, 2.05) is 0 Å². The highest BCUT2D eigenvalue weighted by atomic mass is 79.9. The lowest BCUT2D eigenvalue weighted by molar-refractivity contribution is -0.274. The lowest BCUT2D eigenvalue weighted by Crippen LogP contribution is -2.17. The van der Waals surface area contributed by atoms with Crippen molar-refractivity contribution in [1.29, 1.82) is 0 Å². The Morgan fingerprint density at radius 2 is 2.00 bits per heavy atom. The number of hydrogen-bond acceptors (Lipinski definition) is 5. The number of benzene rings is 1. The van der Waals surface area contributed by atoms with Crippen molar-refractivity contribution in [3.63, 3.8) is 0 Å². The minimum absolute atomic E-state index is 0.172. The average molecular weight is 340 g/mol. The van der Waals surface area contributed by atoms with Gasteiger partial charge in [-0.3, -0.25) is 0 Å². The molecule has 0 saturated carbocycles. The standard InChI is InChI=1S/C9H5BrF3N3OS/c10-4-1-2-5(7-15-16-8(14)18-7)6(3-4)17-9(11,12)13/h1-3H,(H2,14,16). The minimum atomic E-state index is -4.77. The van der Waals surface area contributed by atoms with E-state index in [1.165, 1.54) is 12.1 Å². The van der Waals surface area contributed by atoms with E-state index in [4.69, 9.17) is 5.73 Å². The molecule has 0 amide bonds. The number of nitrogens with two attached hydrogens (primary N) is 1. The Labute approximate surface area is 112 Å². The molecule has 2 N–H and O–H groups in total. The van der Waals surface area contributed by atoms with Crippen LogP contribution in [0.25, 0.3) is 10.6 Å². The van der Waals surface area contributed by atoms with Gasteiger partial charge in [0.2, 0.25) is 5.13 Å². The number of halogens is 4. The molecule has 0 aliphatic carbocycles. The van der Waals surface area contributed by atoms with Crippen LogP contribution >= 0.6 is 27.3 Å². The first-order valence-electron chi connectivity index (χ1n) is 4.50. The molecule has 0 radical (unpaired) electrons. The molecule has 4 nitrogen and oxygen atoms in total. The first kappa shape index (κ1) is 13.1. The summed E-state index contributed by atoms with van der Waals surface area (Å²) in [5, 5.41) is 7.67. The molecule has 1 aromatic heterocycles. The Morgan fingerprint density at radius 1 is 1.28 bits per heavy atom. The average Bonchev–Trinajstić information content (AvgIpc) is 2.62. The number of anilines is 1. The van der Waals surface area contributed by atoms with E-state index in [1.54, 1.807) is 6.07 Å². The van der Waals surface area contributed by atoms with Crippen LogP contribution in [0.4, 0.5) is 18.3 Å². The van der Waals surface area contributed by atoms with Crippen molar-refractivity contribution >= 4 is 32.4 Å². The van der Waals surface area contributed by atoms with Gasteiger partial charge in [-0.05, 0) is 18.2 Å². The van der Waals surface area contributed by atoms with Crippen LogP contribution in [0.1, 0.15) is 0 Å². The van der Waals surface area contributed by atoms with Gasteiger partial charge in [0.25, 0.3) is 0 Å². The summed E-state index contributed by atoms with van der Waals surface area (Å²) in [7, 11) is 0. The van der Waals surface area contributed by atoms with Crippen molar-refractivity contribution in [2.24, 2.45) is 0 Å². The van der Waals surface area contributed by atoms with Crippen LogP contribution in [0.3, 0.4) is 0 Å². The van der Waals surface area contributed by atoms with Crippen LogP contribution in [0.5, 0.6) is 5.75 Å². The van der Waals surface area contributed by atoms with E-state index in [0.29, 0.717) is 4.47 Å². The third-order valence-electron chi connectivity index (χ3n) is 1.84. The van der Waals surface area contributed by atoms with Crippen molar-refractivity contribution in [3.8, 4) is 16.3 Å². The fourth-order valence-electron chi connectivity index (χ4n) is 1.23. The summed E-state index contributed by atoms with van der Waals surface area (Å²) in [5.74, 6) is -0.354. The van der Waals surface area contributed by atoms with Crippen LogP contribution in [0.15, 0.2) is 22.7 Å². The highest BCUT2D eigenvalue weighted by molar-refractivity contribution is 9.10. The number of alkyl halides is 3. The molecule has 18 heavy (non-hydrogen) atoms. The van der Waals surface area contributed by atoms with Gasteiger partial charge in [0.15, 0.2) is 5.01 Å². The zero-order valence-corrected chi connectivity index (χ0v) is 10.9. The molecular weight excluding hydrogens is 335 g/mol. The maximum atomic E-state index is 12.3. The summed E-state index contributed by atoms with van der Waals surface area (Å²) in [6.07, 6.45) is -4.77. The van der Waals surface area contributed by atoms with Crippen LogP contribution in [-0.4, -0.2) is 16.6 Å². The quantitative estimate of drug-likeness (QED) is 0.910. The third-order valence-corrected chi connectivity index (χ3v) is 3.12. The van der Waals surface area contributed by atoms with Crippen LogP contribution in [-0.2, 0) is 0 Å². The topological polar surface area (TPSA) is 61.0 Å². The van der Waals surface area contributed by atoms with Crippen molar-refractivity contribution in [3.05, 3.63) is 22.7 Å². The molecule has 1 aromatic carbocycles. The number of hydrogen-bond donors (Lipinski definition) is 1. The van der Waals surface area contributed by atoms with Crippen LogP contribution < -0.4 is 10.5 Å². The highest BCUT2D eigenvalue weighted by Gasteiger charge is 2.32. The maximum Gasteiger partial charge on any atom is 0.573 e. The monoisotopic (exact) mass is 339 g/mol. The Kier molecular flexibility index (Phi) is 3.44. The maximum absolute atomic E-state index is 12.3. The SMILES string of the molecule is Nc1nnc(-c2ccc(Br)cc2OC(F)(F)F)s1. The first-order chi connectivity index (χ1) is 8.35. The van der Waals surface area contributed by atoms with Gasteiger partial charge < -0.3 is 10.5 Å². The fraction of sp³-hybridized carbons (Fsp3) is 0.111. The van der Waals surface area contributed by atoms with Crippen molar-refractivity contribution in [2.75, 3.05) is 5.73 Å². The molecule has 0 unspecified atom stereocenters. The van der Waals surface area contributed by atoms with Crippen molar-refractivity contribution < 1.29 is 17.9 Å². The molecule has 0 saturated heterocycles. The van der Waals surface area contributed by atoms with E-state index in [9.17, 15) is 13.2 Å². The molecule has 0 atom stereocenters. The second kappa shape index (κ2) is 4.73. The van der Waals surface area contributed by atoms with Gasteiger partial charge in [-0.2, -0.15) is 0 Å². The number of nitrogen functional groups attached to an aromatic ring is 1. The fourth-order valence-corrected chi connectivity index (χ4v) is 2.21. The van der Waals surface area contributed by atoms with E-state index in [-0.39, 0.29) is 21.5 Å². The number of rotatable bonds is 2. The normalized spacial score (nSPS) is 11.6. The van der Waals surface area contributed by atoms with Gasteiger partial charge in [0.1, 0.15) is 5.75 Å². The predicted octanol–water partition coefficient (Wildman–Crippen LogP) is 3.45. The molecule has 0 aliphatic rings. The number of aromatic nitrogens is 2.